The van der Waals surface area contributed by atoms with Gasteiger partial charge in [0.1, 0.15) is 11.5 Å². The molecule has 76 valence electrons. The fraction of sp³-hybridized carbons (Fsp3) is 0.0833. The average Bonchev–Trinajstić information content (AvgIpc) is 2.27. The second-order valence-electron chi connectivity index (χ2n) is 3.47. The highest BCUT2D eigenvalue weighted by molar-refractivity contribution is 7.88. The summed E-state index contributed by atoms with van der Waals surface area (Å²) in [5.74, 6) is 1.62. The van der Waals surface area contributed by atoms with Crippen molar-refractivity contribution in [1.29, 1.82) is 0 Å². The highest BCUT2D eigenvalue weighted by atomic mass is 32.2. The zero-order chi connectivity index (χ0) is 10.3. The van der Waals surface area contributed by atoms with Gasteiger partial charge in [-0.15, -0.1) is 0 Å². The van der Waals surface area contributed by atoms with Crippen LogP contribution in [0.2, 0.25) is 0 Å². The van der Waals surface area contributed by atoms with Crippen LogP contribution in [0.1, 0.15) is 5.56 Å². The molecule has 0 fully saturated rings. The van der Waals surface area contributed by atoms with Gasteiger partial charge in [0.25, 0.3) is 0 Å². The normalized spacial score (nSPS) is 18.9. The van der Waals surface area contributed by atoms with Gasteiger partial charge in [-0.2, -0.15) is 5.41 Å². The van der Waals surface area contributed by atoms with Gasteiger partial charge in [0.2, 0.25) is 0 Å². The van der Waals surface area contributed by atoms with Crippen molar-refractivity contribution in [2.75, 3.05) is 0 Å². The van der Waals surface area contributed by atoms with E-state index in [9.17, 15) is 4.21 Å². The van der Waals surface area contributed by atoms with Crippen molar-refractivity contribution in [2.24, 2.45) is 0 Å². The van der Waals surface area contributed by atoms with Crippen molar-refractivity contribution in [3.05, 3.63) is 53.1 Å². The molecule has 0 N–H and O–H groups in total. The van der Waals surface area contributed by atoms with Crippen molar-refractivity contribution in [1.82, 2.24) is 0 Å². The van der Waals surface area contributed by atoms with E-state index in [0.717, 1.165) is 28.4 Å². The van der Waals surface area contributed by atoms with Crippen LogP contribution >= 0.6 is 0 Å². The molecule has 3 heteroatoms. The number of hydrogen-bond donors (Lipinski definition) is 0. The number of hydrogen-bond acceptors (Lipinski definition) is 3. The summed E-state index contributed by atoms with van der Waals surface area (Å²) in [7, 11) is -1.02. The van der Waals surface area contributed by atoms with E-state index in [-0.39, 0.29) is 0 Å². The summed E-state index contributed by atoms with van der Waals surface area (Å²) in [6.07, 6.45) is 4.37. The molecule has 1 aromatic rings. The summed E-state index contributed by atoms with van der Waals surface area (Å²) in [4.78, 5) is 0.871. The minimum atomic E-state index is -1.02. The number of rotatable bonds is 0. The van der Waals surface area contributed by atoms with E-state index in [1.807, 2.05) is 30.3 Å². The lowest BCUT2D eigenvalue weighted by atomic mass is 10.0. The molecule has 2 nitrogen and oxygen atoms in total. The Bertz CT molecular complexity index is 561. The molecule has 0 amide bonds. The maximum Gasteiger partial charge on any atom is 0.130 e. The summed E-state index contributed by atoms with van der Waals surface area (Å²) in [6.45, 7) is 0. The maximum absolute atomic E-state index is 11.7. The van der Waals surface area contributed by atoms with Gasteiger partial charge in [-0.25, -0.2) is 10.4 Å². The summed E-state index contributed by atoms with van der Waals surface area (Å²) >= 11 is 0. The Morgan fingerprint density at radius 2 is 2.13 bits per heavy atom. The summed E-state index contributed by atoms with van der Waals surface area (Å²) < 4.78 is 17.4. The first-order valence-corrected chi connectivity index (χ1v) is 5.97. The molecule has 0 radical (unpaired) electrons. The number of para-hydroxylation sites is 1. The number of benzene rings is 1. The highest BCUT2D eigenvalue weighted by Gasteiger charge is 2.16. The second kappa shape index (κ2) is 3.28. The minimum absolute atomic E-state index is 0.721. The molecule has 0 saturated heterocycles. The number of allylic oxidation sites excluding steroid dienone is 3. The van der Waals surface area contributed by atoms with Crippen LogP contribution in [0.5, 0.6) is 5.75 Å². The Labute approximate surface area is 89.9 Å². The molecule has 0 atom stereocenters. The van der Waals surface area contributed by atoms with Crippen LogP contribution in [0.4, 0.5) is 0 Å². The third-order valence-electron chi connectivity index (χ3n) is 2.51. The Morgan fingerprint density at radius 3 is 3.07 bits per heavy atom. The predicted octanol–water partition coefficient (Wildman–Crippen LogP) is 2.17. The Hall–Kier alpha value is -1.48. The van der Waals surface area contributed by atoms with Crippen LogP contribution in [0.25, 0.3) is 0 Å². The Morgan fingerprint density at radius 1 is 1.27 bits per heavy atom. The molecule has 0 bridgehead atoms. The minimum Gasteiger partial charge on any atom is -0.459 e. The van der Waals surface area contributed by atoms with Gasteiger partial charge in [-0.1, -0.05) is 29.1 Å². The summed E-state index contributed by atoms with van der Waals surface area (Å²) in [5, 5.41) is 1.69. The predicted molar refractivity (Wildman–Crippen MR) is 61.1 cm³/mol. The van der Waals surface area contributed by atoms with E-state index >= 15 is 0 Å². The van der Waals surface area contributed by atoms with Gasteiger partial charge in [0.15, 0.2) is 0 Å². The number of ether oxygens (including phenoxy) is 1. The van der Waals surface area contributed by atoms with E-state index in [1.54, 1.807) is 11.5 Å². The molecule has 0 aromatic heterocycles. The summed E-state index contributed by atoms with van der Waals surface area (Å²) in [5.41, 5.74) is 1.10. The topological polar surface area (TPSA) is 26.3 Å². The molecule has 0 unspecified atom stereocenters. The zero-order valence-electron chi connectivity index (χ0n) is 7.97. The van der Waals surface area contributed by atoms with Crippen molar-refractivity contribution in [3.8, 4) is 5.75 Å². The van der Waals surface area contributed by atoms with E-state index in [2.05, 4.69) is 0 Å². The van der Waals surface area contributed by atoms with E-state index < -0.39 is 10.4 Å². The molecule has 1 aromatic carbocycles. The highest BCUT2D eigenvalue weighted by Crippen LogP contribution is 2.28. The lowest BCUT2D eigenvalue weighted by Crippen LogP contribution is -2.21. The largest absolute Gasteiger partial charge is 0.459 e. The third-order valence-corrected chi connectivity index (χ3v) is 3.75. The zero-order valence-corrected chi connectivity index (χ0v) is 8.79. The van der Waals surface area contributed by atoms with Gasteiger partial charge >= 0.3 is 0 Å². The monoisotopic (exact) mass is 217 g/mol. The molecule has 0 spiro atoms. The summed E-state index contributed by atoms with van der Waals surface area (Å²) in [6, 6.07) is 7.86. The van der Waals surface area contributed by atoms with Crippen molar-refractivity contribution >= 4 is 15.3 Å². The van der Waals surface area contributed by atoms with Crippen LogP contribution in [0.15, 0.2) is 47.6 Å². The first-order chi connectivity index (χ1) is 7.34. The number of fused-ring (bicyclic) bond motifs is 2. The van der Waals surface area contributed by atoms with Crippen LogP contribution in [-0.2, 0) is 21.0 Å². The van der Waals surface area contributed by atoms with Gasteiger partial charge in [-0.05, 0) is 24.1 Å². The van der Waals surface area contributed by atoms with Crippen molar-refractivity contribution < 1.29 is 8.95 Å². The molecule has 2 aliphatic rings. The maximum atomic E-state index is 11.7. The molecule has 15 heavy (non-hydrogen) atoms. The van der Waals surface area contributed by atoms with Crippen LogP contribution in [-0.4, -0.2) is 4.86 Å². The first-order valence-electron chi connectivity index (χ1n) is 4.75. The molecular formula is C12H9O2S-. The smallest absolute Gasteiger partial charge is 0.130 e. The molecule has 3 rings (SSSR count). The van der Waals surface area contributed by atoms with Gasteiger partial charge in [-0.3, -0.25) is 0 Å². The Kier molecular flexibility index (Phi) is 1.92. The van der Waals surface area contributed by atoms with E-state index in [0.29, 0.717) is 0 Å². The lowest BCUT2D eigenvalue weighted by molar-refractivity contribution is 0.441. The molecule has 2 heterocycles. The fourth-order valence-electron chi connectivity index (χ4n) is 1.76. The van der Waals surface area contributed by atoms with Gasteiger partial charge in [0, 0.05) is 0 Å². The quantitative estimate of drug-likeness (QED) is 0.492. The molecule has 0 saturated carbocycles. The van der Waals surface area contributed by atoms with Gasteiger partial charge in [0.05, 0.1) is 0 Å². The molecular weight excluding hydrogens is 208 g/mol. The average molecular weight is 217 g/mol. The third kappa shape index (κ3) is 1.39. The van der Waals surface area contributed by atoms with Crippen molar-refractivity contribution in [2.45, 2.75) is 6.42 Å². The second-order valence-corrected chi connectivity index (χ2v) is 4.83. The van der Waals surface area contributed by atoms with E-state index in [1.165, 1.54) is 0 Å². The van der Waals surface area contributed by atoms with Crippen LogP contribution in [0.3, 0.4) is 0 Å². The van der Waals surface area contributed by atoms with Crippen molar-refractivity contribution in [3.63, 3.8) is 0 Å². The fourth-order valence-corrected chi connectivity index (χ4v) is 2.75. The lowest BCUT2D eigenvalue weighted by Gasteiger charge is -2.27. The standard InChI is InChI=1S/C12H9O2S/c13-15-7-3-6-11-12(15)8-9-4-1-2-5-10(9)14-11/h1-7H,8H2/q-1. The Balaban J connectivity index is 2.18. The molecule has 2 aliphatic heterocycles. The SMILES string of the molecule is O=[S-]1=C2Cc3ccccc3OC2=CC=C1. The van der Waals surface area contributed by atoms with Gasteiger partial charge < -0.3 is 8.95 Å². The van der Waals surface area contributed by atoms with Crippen LogP contribution in [0, 0.1) is 0 Å². The molecule has 0 aliphatic carbocycles. The first kappa shape index (κ1) is 8.80. The van der Waals surface area contributed by atoms with E-state index in [4.69, 9.17) is 4.74 Å². The van der Waals surface area contributed by atoms with Crippen LogP contribution < -0.4 is 4.74 Å².